The second-order valence-electron chi connectivity index (χ2n) is 5.74. The van der Waals surface area contributed by atoms with E-state index in [1.54, 1.807) is 19.1 Å². The first kappa shape index (κ1) is 20.0. The molecule has 9 heteroatoms. The number of hydrogen-bond donors (Lipinski definition) is 2. The van der Waals surface area contributed by atoms with Crippen LogP contribution in [0.4, 0.5) is 4.79 Å². The fourth-order valence-corrected chi connectivity index (χ4v) is 4.36. The van der Waals surface area contributed by atoms with Crippen LogP contribution < -0.4 is 10.2 Å². The van der Waals surface area contributed by atoms with E-state index in [1.807, 2.05) is 0 Å². The van der Waals surface area contributed by atoms with Gasteiger partial charge in [0, 0.05) is 12.8 Å². The van der Waals surface area contributed by atoms with Crippen LogP contribution in [0.25, 0.3) is 0 Å². The second kappa shape index (κ2) is 8.89. The average molecular weight is 383 g/mol. The molecule has 142 valence electrons. The normalized spacial score (nSPS) is 16.1. The van der Waals surface area contributed by atoms with Crippen molar-refractivity contribution < 1.29 is 32.6 Å². The lowest BCUT2D eigenvalue weighted by Crippen LogP contribution is -2.48. The Morgan fingerprint density at radius 2 is 1.96 bits per heavy atom. The molecule has 0 atom stereocenters. The van der Waals surface area contributed by atoms with E-state index in [9.17, 15) is 13.2 Å². The SMILES string of the molecule is CC#CCOc1ccc(S(=O)(=O)CC2(OC(=O)NO)CCOCC2)cc1. The van der Waals surface area contributed by atoms with Crippen molar-refractivity contribution in [3.05, 3.63) is 24.3 Å². The fourth-order valence-electron chi connectivity index (χ4n) is 2.60. The number of sulfone groups is 1. The third-order valence-corrected chi connectivity index (χ3v) is 5.82. The summed E-state index contributed by atoms with van der Waals surface area (Å²) in [6, 6.07) is 5.96. The van der Waals surface area contributed by atoms with Gasteiger partial charge < -0.3 is 14.2 Å². The van der Waals surface area contributed by atoms with Crippen molar-refractivity contribution in [2.24, 2.45) is 0 Å². The molecule has 1 aromatic rings. The molecule has 1 aliphatic heterocycles. The van der Waals surface area contributed by atoms with Crippen LogP contribution in [0.2, 0.25) is 0 Å². The van der Waals surface area contributed by atoms with E-state index >= 15 is 0 Å². The molecule has 8 nitrogen and oxygen atoms in total. The number of amides is 1. The van der Waals surface area contributed by atoms with Crippen LogP contribution in [-0.4, -0.2) is 50.9 Å². The van der Waals surface area contributed by atoms with Crippen LogP contribution in [0.15, 0.2) is 29.2 Å². The molecule has 0 bridgehead atoms. The van der Waals surface area contributed by atoms with Crippen LogP contribution in [-0.2, 0) is 19.3 Å². The molecule has 1 saturated heterocycles. The molecule has 1 aromatic carbocycles. The minimum absolute atomic E-state index is 0.0882. The first-order valence-electron chi connectivity index (χ1n) is 7.97. The van der Waals surface area contributed by atoms with E-state index in [0.29, 0.717) is 5.75 Å². The number of hydroxylamine groups is 1. The van der Waals surface area contributed by atoms with Gasteiger partial charge in [-0.05, 0) is 31.2 Å². The highest BCUT2D eigenvalue weighted by Crippen LogP contribution is 2.30. The standard InChI is InChI=1S/C17H21NO7S/c1-2-3-10-24-14-4-6-15(7-5-14)26(21,22)13-17(25-16(19)18-20)8-11-23-12-9-17/h4-7,20H,8-13H2,1H3,(H,18,19). The van der Waals surface area contributed by atoms with E-state index in [1.165, 1.54) is 17.6 Å². The molecule has 0 aliphatic carbocycles. The summed E-state index contributed by atoms with van der Waals surface area (Å²) in [5.41, 5.74) is 0.116. The zero-order valence-electron chi connectivity index (χ0n) is 14.4. The Bertz CT molecular complexity index is 772. The van der Waals surface area contributed by atoms with Crippen LogP contribution >= 0.6 is 0 Å². The summed E-state index contributed by atoms with van der Waals surface area (Å²) in [5.74, 6) is 5.54. The highest BCUT2D eigenvalue weighted by molar-refractivity contribution is 7.91. The van der Waals surface area contributed by atoms with Crippen molar-refractivity contribution in [3.63, 3.8) is 0 Å². The smallest absolute Gasteiger partial charge is 0.431 e. The van der Waals surface area contributed by atoms with Crippen molar-refractivity contribution >= 4 is 15.9 Å². The maximum absolute atomic E-state index is 12.8. The van der Waals surface area contributed by atoms with E-state index < -0.39 is 27.3 Å². The molecule has 26 heavy (non-hydrogen) atoms. The Hall–Kier alpha value is -2.28. The van der Waals surface area contributed by atoms with Crippen LogP contribution in [0.5, 0.6) is 5.75 Å². The van der Waals surface area contributed by atoms with Gasteiger partial charge in [0.1, 0.15) is 18.0 Å². The lowest BCUT2D eigenvalue weighted by atomic mass is 9.96. The number of benzene rings is 1. The number of carbonyl (C=O) groups excluding carboxylic acids is 1. The lowest BCUT2D eigenvalue weighted by Gasteiger charge is -2.35. The van der Waals surface area contributed by atoms with Gasteiger partial charge in [-0.1, -0.05) is 5.92 Å². The average Bonchev–Trinajstić information content (AvgIpc) is 2.62. The number of carbonyl (C=O) groups is 1. The summed E-state index contributed by atoms with van der Waals surface area (Å²) in [6.07, 6.45) is -0.657. The first-order valence-corrected chi connectivity index (χ1v) is 9.62. The highest BCUT2D eigenvalue weighted by atomic mass is 32.2. The van der Waals surface area contributed by atoms with Gasteiger partial charge in [-0.25, -0.2) is 18.7 Å². The number of ether oxygens (including phenoxy) is 3. The van der Waals surface area contributed by atoms with Gasteiger partial charge >= 0.3 is 6.09 Å². The third-order valence-electron chi connectivity index (χ3n) is 3.93. The van der Waals surface area contributed by atoms with Crippen molar-refractivity contribution in [1.29, 1.82) is 0 Å². The first-order chi connectivity index (χ1) is 12.4. The van der Waals surface area contributed by atoms with Gasteiger partial charge in [-0.2, -0.15) is 0 Å². The monoisotopic (exact) mass is 383 g/mol. The van der Waals surface area contributed by atoms with E-state index in [-0.39, 0.29) is 37.6 Å². The Morgan fingerprint density at radius 3 is 2.54 bits per heavy atom. The molecular weight excluding hydrogens is 362 g/mol. The van der Waals surface area contributed by atoms with E-state index in [2.05, 4.69) is 11.8 Å². The molecule has 2 N–H and O–H groups in total. The van der Waals surface area contributed by atoms with Crippen molar-refractivity contribution in [2.75, 3.05) is 25.6 Å². The lowest BCUT2D eigenvalue weighted by molar-refractivity contribution is -0.0658. The molecule has 1 aliphatic rings. The van der Waals surface area contributed by atoms with Gasteiger partial charge in [0.2, 0.25) is 0 Å². The summed E-state index contributed by atoms with van der Waals surface area (Å²) < 4.78 is 41.3. The highest BCUT2D eigenvalue weighted by Gasteiger charge is 2.41. The topological polar surface area (TPSA) is 111 Å². The van der Waals surface area contributed by atoms with Gasteiger partial charge in [-0.15, -0.1) is 5.92 Å². The molecule has 0 aromatic heterocycles. The molecule has 2 rings (SSSR count). The zero-order chi connectivity index (χ0) is 19.0. The van der Waals surface area contributed by atoms with Crippen LogP contribution in [0, 0.1) is 11.8 Å². The molecule has 1 heterocycles. The summed E-state index contributed by atoms with van der Waals surface area (Å²) >= 11 is 0. The maximum atomic E-state index is 12.8. The number of hydrogen-bond acceptors (Lipinski definition) is 7. The molecule has 1 fully saturated rings. The molecule has 0 spiro atoms. The largest absolute Gasteiger partial charge is 0.481 e. The van der Waals surface area contributed by atoms with E-state index in [4.69, 9.17) is 19.4 Å². The minimum atomic E-state index is -3.74. The zero-order valence-corrected chi connectivity index (χ0v) is 15.2. The predicted octanol–water partition coefficient (Wildman–Crippen LogP) is 1.53. The fraction of sp³-hybridized carbons (Fsp3) is 0.471. The summed E-state index contributed by atoms with van der Waals surface area (Å²) in [5, 5.41) is 8.69. The molecule has 0 saturated carbocycles. The Morgan fingerprint density at radius 1 is 1.31 bits per heavy atom. The third kappa shape index (κ3) is 5.36. The Balaban J connectivity index is 2.16. The van der Waals surface area contributed by atoms with Gasteiger partial charge in [0.25, 0.3) is 0 Å². The van der Waals surface area contributed by atoms with E-state index in [0.717, 1.165) is 0 Å². The minimum Gasteiger partial charge on any atom is -0.481 e. The maximum Gasteiger partial charge on any atom is 0.431 e. The Labute approximate surface area is 152 Å². The summed E-state index contributed by atoms with van der Waals surface area (Å²) in [4.78, 5) is 11.5. The quantitative estimate of drug-likeness (QED) is 0.435. The summed E-state index contributed by atoms with van der Waals surface area (Å²) in [7, 11) is -3.74. The van der Waals surface area contributed by atoms with Gasteiger partial charge in [0.05, 0.1) is 23.9 Å². The van der Waals surface area contributed by atoms with Gasteiger partial charge in [-0.3, -0.25) is 5.21 Å². The molecule has 0 unspecified atom stereocenters. The number of rotatable bonds is 6. The van der Waals surface area contributed by atoms with Crippen molar-refractivity contribution in [2.45, 2.75) is 30.3 Å². The predicted molar refractivity (Wildman–Crippen MR) is 91.6 cm³/mol. The van der Waals surface area contributed by atoms with Crippen molar-refractivity contribution in [3.8, 4) is 17.6 Å². The number of nitrogens with one attached hydrogen (secondary N) is 1. The molecular formula is C17H21NO7S. The van der Waals surface area contributed by atoms with Crippen molar-refractivity contribution in [1.82, 2.24) is 5.48 Å². The molecule has 0 radical (unpaired) electrons. The van der Waals surface area contributed by atoms with Crippen LogP contribution in [0.3, 0.4) is 0 Å². The second-order valence-corrected chi connectivity index (χ2v) is 7.73. The Kier molecular flexibility index (Phi) is 6.85. The van der Waals surface area contributed by atoms with Gasteiger partial charge in [0.15, 0.2) is 9.84 Å². The summed E-state index contributed by atoms with van der Waals surface area (Å²) in [6.45, 7) is 2.44. The van der Waals surface area contributed by atoms with Crippen LogP contribution in [0.1, 0.15) is 19.8 Å². The molecule has 1 amide bonds.